The van der Waals surface area contributed by atoms with Gasteiger partial charge in [0.05, 0.1) is 27.7 Å². The van der Waals surface area contributed by atoms with Gasteiger partial charge >= 0.3 is 0 Å². The first-order valence-corrected chi connectivity index (χ1v) is 12.7. The first kappa shape index (κ1) is 22.2. The number of fused-ring (bicyclic) bond motifs is 2. The van der Waals surface area contributed by atoms with Gasteiger partial charge < -0.3 is 10.3 Å². The van der Waals surface area contributed by atoms with E-state index in [-0.39, 0.29) is 28.3 Å². The minimum atomic E-state index is -3.79. The largest absolute Gasteiger partial charge is 0.342 e. The van der Waals surface area contributed by atoms with Crippen LogP contribution in [0.2, 0.25) is 0 Å². The van der Waals surface area contributed by atoms with Crippen molar-refractivity contribution in [3.8, 4) is 0 Å². The lowest BCUT2D eigenvalue weighted by Gasteiger charge is -2.21. The Morgan fingerprint density at radius 3 is 2.59 bits per heavy atom. The molecule has 5 rings (SSSR count). The van der Waals surface area contributed by atoms with E-state index in [0.29, 0.717) is 24.5 Å². The summed E-state index contributed by atoms with van der Waals surface area (Å²) in [6.07, 6.45) is 0.670. The normalized spacial score (nSPS) is 14.4. The number of imidazole rings is 1. The number of hydrogen-bond donors (Lipinski definition) is 2. The Morgan fingerprint density at radius 2 is 1.79 bits per heavy atom. The van der Waals surface area contributed by atoms with E-state index in [0.717, 1.165) is 16.6 Å². The fourth-order valence-corrected chi connectivity index (χ4v) is 5.93. The molecule has 8 heteroatoms. The van der Waals surface area contributed by atoms with Gasteiger partial charge in [0.15, 0.2) is 0 Å². The van der Waals surface area contributed by atoms with Gasteiger partial charge in [-0.25, -0.2) is 13.4 Å². The van der Waals surface area contributed by atoms with Crippen molar-refractivity contribution in [2.45, 2.75) is 31.2 Å². The van der Waals surface area contributed by atoms with Gasteiger partial charge in [0.1, 0.15) is 5.82 Å². The van der Waals surface area contributed by atoms with Crippen LogP contribution in [0.25, 0.3) is 11.0 Å². The molecule has 1 aliphatic heterocycles. The van der Waals surface area contributed by atoms with Crippen molar-refractivity contribution >= 4 is 32.7 Å². The Bertz CT molecular complexity index is 1440. The van der Waals surface area contributed by atoms with Crippen molar-refractivity contribution in [2.75, 3.05) is 10.8 Å². The highest BCUT2D eigenvalue weighted by Crippen LogP contribution is 2.33. The Hall–Kier alpha value is -3.65. The molecule has 0 fully saturated rings. The fraction of sp³-hybridized carbons (Fsp3) is 0.231. The third-order valence-electron chi connectivity index (χ3n) is 6.18. The molecule has 1 aromatic heterocycles. The third-order valence-corrected chi connectivity index (χ3v) is 7.99. The van der Waals surface area contributed by atoms with E-state index in [1.807, 2.05) is 62.4 Å². The van der Waals surface area contributed by atoms with Gasteiger partial charge in [-0.2, -0.15) is 0 Å². The second-order valence-corrected chi connectivity index (χ2v) is 10.7. The number of H-pyrrole nitrogens is 1. The molecule has 1 atom stereocenters. The molecule has 2 heterocycles. The minimum absolute atomic E-state index is 0.0672. The van der Waals surface area contributed by atoms with E-state index in [4.69, 9.17) is 0 Å². The monoisotopic (exact) mass is 474 g/mol. The molecule has 4 aromatic rings. The average molecular weight is 475 g/mol. The van der Waals surface area contributed by atoms with Crippen LogP contribution in [0.3, 0.4) is 0 Å². The fourth-order valence-electron chi connectivity index (χ4n) is 4.38. The van der Waals surface area contributed by atoms with E-state index < -0.39 is 10.0 Å². The maximum atomic E-state index is 13.4. The zero-order valence-electron chi connectivity index (χ0n) is 19.0. The maximum Gasteiger partial charge on any atom is 0.264 e. The van der Waals surface area contributed by atoms with E-state index in [1.54, 1.807) is 12.1 Å². The van der Waals surface area contributed by atoms with Gasteiger partial charge in [0, 0.05) is 12.1 Å². The second kappa shape index (κ2) is 8.61. The molecule has 3 aromatic carbocycles. The molecule has 0 radical (unpaired) electrons. The van der Waals surface area contributed by atoms with Crippen molar-refractivity contribution in [1.29, 1.82) is 0 Å². The number of aromatic nitrogens is 2. The number of anilines is 1. The highest BCUT2D eigenvalue weighted by molar-refractivity contribution is 7.92. The number of para-hydroxylation sites is 3. The van der Waals surface area contributed by atoms with E-state index >= 15 is 0 Å². The minimum Gasteiger partial charge on any atom is -0.342 e. The molecule has 0 spiro atoms. The van der Waals surface area contributed by atoms with Gasteiger partial charge in [0.25, 0.3) is 15.9 Å². The summed E-state index contributed by atoms with van der Waals surface area (Å²) in [6.45, 7) is 4.40. The van der Waals surface area contributed by atoms with Crippen LogP contribution in [0.15, 0.2) is 77.7 Å². The summed E-state index contributed by atoms with van der Waals surface area (Å²) >= 11 is 0. The second-order valence-electron chi connectivity index (χ2n) is 8.82. The van der Waals surface area contributed by atoms with E-state index in [2.05, 4.69) is 15.3 Å². The maximum absolute atomic E-state index is 13.4. The van der Waals surface area contributed by atoms with E-state index in [9.17, 15) is 13.2 Å². The summed E-state index contributed by atoms with van der Waals surface area (Å²) in [5, 5.41) is 3.03. The molecule has 174 valence electrons. The Labute approximate surface area is 198 Å². The van der Waals surface area contributed by atoms with Crippen LogP contribution in [0.4, 0.5) is 5.69 Å². The van der Waals surface area contributed by atoms with Crippen molar-refractivity contribution in [3.63, 3.8) is 0 Å². The standard InChI is InChI=1S/C26H26N4O3S/c1-17(2)24(25-27-21-11-4-5-12-22(21)28-25)29-26(31)19-9-7-10-20(16-19)34(32,33)30-15-14-18-8-3-6-13-23(18)30/h3-13,16-17,24H,14-15H2,1-2H3,(H,27,28)(H,29,31)/t24-/m0/s1. The van der Waals surface area contributed by atoms with Crippen LogP contribution in [0.5, 0.6) is 0 Å². The molecule has 0 aliphatic carbocycles. The van der Waals surface area contributed by atoms with E-state index in [1.165, 1.54) is 16.4 Å². The molecule has 0 bridgehead atoms. The molecule has 1 aliphatic rings. The number of aromatic amines is 1. The number of nitrogens with one attached hydrogen (secondary N) is 2. The van der Waals surface area contributed by atoms with Crippen LogP contribution in [0, 0.1) is 5.92 Å². The first-order chi connectivity index (χ1) is 16.3. The summed E-state index contributed by atoms with van der Waals surface area (Å²) in [6, 6.07) is 21.1. The molecular weight excluding hydrogens is 448 g/mol. The molecule has 34 heavy (non-hydrogen) atoms. The summed E-state index contributed by atoms with van der Waals surface area (Å²) in [4.78, 5) is 21.2. The van der Waals surface area contributed by atoms with Crippen LogP contribution < -0.4 is 9.62 Å². The number of benzene rings is 3. The first-order valence-electron chi connectivity index (χ1n) is 11.3. The molecule has 1 amide bonds. The van der Waals surface area contributed by atoms with Crippen LogP contribution in [0.1, 0.15) is 41.6 Å². The third kappa shape index (κ3) is 3.94. The molecule has 0 unspecified atom stereocenters. The van der Waals surface area contributed by atoms with Gasteiger partial charge in [-0.3, -0.25) is 9.10 Å². The van der Waals surface area contributed by atoms with Gasteiger partial charge in [-0.05, 0) is 54.3 Å². The van der Waals surface area contributed by atoms with Crippen LogP contribution in [-0.4, -0.2) is 30.8 Å². The van der Waals surface area contributed by atoms with Crippen LogP contribution in [-0.2, 0) is 16.4 Å². The topological polar surface area (TPSA) is 95.2 Å². The van der Waals surface area contributed by atoms with Crippen molar-refractivity contribution in [3.05, 3.63) is 89.7 Å². The average Bonchev–Trinajstić information content (AvgIpc) is 3.47. The number of amides is 1. The Balaban J connectivity index is 1.42. The quantitative estimate of drug-likeness (QED) is 0.432. The zero-order valence-corrected chi connectivity index (χ0v) is 19.8. The lowest BCUT2D eigenvalue weighted by atomic mass is 10.0. The number of hydrogen-bond acceptors (Lipinski definition) is 4. The number of carbonyl (C=O) groups excluding carboxylic acids is 1. The molecule has 0 saturated carbocycles. The summed E-state index contributed by atoms with van der Waals surface area (Å²) in [5.74, 6) is 0.387. The Kier molecular flexibility index (Phi) is 5.61. The highest BCUT2D eigenvalue weighted by atomic mass is 32.2. The predicted octanol–water partition coefficient (Wildman–Crippen LogP) is 4.44. The number of rotatable bonds is 6. The molecule has 2 N–H and O–H groups in total. The van der Waals surface area contributed by atoms with Crippen LogP contribution >= 0.6 is 0 Å². The summed E-state index contributed by atoms with van der Waals surface area (Å²) < 4.78 is 28.2. The zero-order chi connectivity index (χ0) is 23.9. The molecular formula is C26H26N4O3S. The number of sulfonamides is 1. The lowest BCUT2D eigenvalue weighted by Crippen LogP contribution is -2.33. The highest BCUT2D eigenvalue weighted by Gasteiger charge is 2.31. The molecule has 7 nitrogen and oxygen atoms in total. The van der Waals surface area contributed by atoms with Gasteiger partial charge in [0.2, 0.25) is 0 Å². The van der Waals surface area contributed by atoms with Gasteiger partial charge in [-0.15, -0.1) is 0 Å². The SMILES string of the molecule is CC(C)[C@H](NC(=O)c1cccc(S(=O)(=O)N2CCc3ccccc32)c1)c1nc2ccccc2[nH]1. The predicted molar refractivity (Wildman–Crippen MR) is 132 cm³/mol. The smallest absolute Gasteiger partial charge is 0.264 e. The Morgan fingerprint density at radius 1 is 1.03 bits per heavy atom. The van der Waals surface area contributed by atoms with Crippen molar-refractivity contribution in [1.82, 2.24) is 15.3 Å². The van der Waals surface area contributed by atoms with Crippen molar-refractivity contribution in [2.24, 2.45) is 5.92 Å². The summed E-state index contributed by atoms with van der Waals surface area (Å²) in [5.41, 5.74) is 3.72. The number of carbonyl (C=O) groups is 1. The number of nitrogens with zero attached hydrogens (tertiary/aromatic N) is 2. The lowest BCUT2D eigenvalue weighted by molar-refractivity contribution is 0.0923. The van der Waals surface area contributed by atoms with Gasteiger partial charge in [-0.1, -0.05) is 50.2 Å². The van der Waals surface area contributed by atoms with Crippen molar-refractivity contribution < 1.29 is 13.2 Å². The molecule has 0 saturated heterocycles. The summed E-state index contributed by atoms with van der Waals surface area (Å²) in [7, 11) is -3.79.